The summed E-state index contributed by atoms with van der Waals surface area (Å²) < 4.78 is 20.7. The molecule has 0 saturated carbocycles. The first kappa shape index (κ1) is 26.6. The highest BCUT2D eigenvalue weighted by Crippen LogP contribution is 2.19. The maximum Gasteiger partial charge on any atom is 0.338 e. The number of hydrogen-bond acceptors (Lipinski definition) is 7. The number of esters is 1. The number of rotatable bonds is 12. The van der Waals surface area contributed by atoms with Crippen molar-refractivity contribution in [1.82, 2.24) is 20.1 Å². The highest BCUT2D eigenvalue weighted by Gasteiger charge is 2.16. The molecule has 11 heteroatoms. The standard InChI is InChI=1S/C25H26FN5O4S/c1-3-12-31-21(15-27-23(33)19-10-5-6-11-20(19)26)29-30-25(31)36-16-22(32)28-18-9-7-8-17(14-18)24(34)35-13-4-2/h3,5-11,14H,1,4,12-13,15-16H2,2H3,(H,27,33)(H,28,32). The van der Waals surface area contributed by atoms with E-state index in [1.807, 2.05) is 6.92 Å². The Morgan fingerprint density at radius 3 is 2.72 bits per heavy atom. The third-order valence-electron chi connectivity index (χ3n) is 4.78. The molecule has 0 fully saturated rings. The zero-order chi connectivity index (χ0) is 25.9. The van der Waals surface area contributed by atoms with Crippen molar-refractivity contribution in [2.45, 2.75) is 31.6 Å². The average Bonchev–Trinajstić information content (AvgIpc) is 3.26. The van der Waals surface area contributed by atoms with E-state index in [-0.39, 0.29) is 23.8 Å². The molecule has 2 aromatic carbocycles. The summed E-state index contributed by atoms with van der Waals surface area (Å²) in [4.78, 5) is 36.8. The van der Waals surface area contributed by atoms with Crippen molar-refractivity contribution < 1.29 is 23.5 Å². The Hall–Kier alpha value is -3.99. The second kappa shape index (κ2) is 13.2. The van der Waals surface area contributed by atoms with Gasteiger partial charge in [-0.3, -0.25) is 9.59 Å². The SMILES string of the molecule is C=CCn1c(CNC(=O)c2ccccc2F)nnc1SCC(=O)Nc1cccc(C(=O)OCCC)c1. The summed E-state index contributed by atoms with van der Waals surface area (Å²) in [5.41, 5.74) is 0.749. The molecule has 1 heterocycles. The van der Waals surface area contributed by atoms with Gasteiger partial charge in [-0.2, -0.15) is 0 Å². The van der Waals surface area contributed by atoms with E-state index in [9.17, 15) is 18.8 Å². The molecule has 1 aromatic heterocycles. The van der Waals surface area contributed by atoms with Crippen molar-refractivity contribution in [2.24, 2.45) is 0 Å². The first-order valence-electron chi connectivity index (χ1n) is 11.2. The van der Waals surface area contributed by atoms with Gasteiger partial charge in [-0.1, -0.05) is 43.0 Å². The van der Waals surface area contributed by atoms with E-state index in [1.165, 1.54) is 18.2 Å². The van der Waals surface area contributed by atoms with Gasteiger partial charge in [0.25, 0.3) is 5.91 Å². The summed E-state index contributed by atoms with van der Waals surface area (Å²) in [5, 5.41) is 14.0. The van der Waals surface area contributed by atoms with Gasteiger partial charge in [0, 0.05) is 12.2 Å². The predicted molar refractivity (Wildman–Crippen MR) is 134 cm³/mol. The smallest absolute Gasteiger partial charge is 0.338 e. The molecule has 2 amide bonds. The summed E-state index contributed by atoms with van der Waals surface area (Å²) in [5.74, 6) is -1.48. The molecule has 0 atom stereocenters. The summed E-state index contributed by atoms with van der Waals surface area (Å²) in [7, 11) is 0. The second-order valence-corrected chi connectivity index (χ2v) is 8.46. The number of carbonyl (C=O) groups excluding carboxylic acids is 3. The van der Waals surface area contributed by atoms with E-state index in [2.05, 4.69) is 27.4 Å². The van der Waals surface area contributed by atoms with Crippen molar-refractivity contribution in [3.8, 4) is 0 Å². The number of allylic oxidation sites excluding steroid dienone is 1. The molecule has 36 heavy (non-hydrogen) atoms. The van der Waals surface area contributed by atoms with Crippen LogP contribution in [0.25, 0.3) is 0 Å². The predicted octanol–water partition coefficient (Wildman–Crippen LogP) is 3.83. The number of nitrogens with one attached hydrogen (secondary N) is 2. The first-order valence-corrected chi connectivity index (χ1v) is 12.2. The Morgan fingerprint density at radius 2 is 1.97 bits per heavy atom. The normalized spacial score (nSPS) is 10.5. The molecule has 0 aliphatic rings. The van der Waals surface area contributed by atoms with Crippen molar-refractivity contribution >= 4 is 35.2 Å². The van der Waals surface area contributed by atoms with E-state index < -0.39 is 17.7 Å². The number of ether oxygens (including phenoxy) is 1. The molecule has 0 unspecified atom stereocenters. The van der Waals surface area contributed by atoms with Crippen LogP contribution in [0, 0.1) is 5.82 Å². The van der Waals surface area contributed by atoms with Gasteiger partial charge in [-0.05, 0) is 36.8 Å². The molecule has 0 saturated heterocycles. The number of hydrogen-bond donors (Lipinski definition) is 2. The van der Waals surface area contributed by atoms with Crippen LogP contribution in [-0.2, 0) is 22.6 Å². The van der Waals surface area contributed by atoms with Crippen molar-refractivity contribution in [2.75, 3.05) is 17.7 Å². The molecule has 3 rings (SSSR count). The lowest BCUT2D eigenvalue weighted by atomic mass is 10.2. The molecule has 0 bridgehead atoms. The fourth-order valence-electron chi connectivity index (χ4n) is 3.10. The number of nitrogens with zero attached hydrogens (tertiary/aromatic N) is 3. The third kappa shape index (κ3) is 7.25. The fourth-order valence-corrected chi connectivity index (χ4v) is 3.86. The number of carbonyl (C=O) groups is 3. The molecule has 3 aromatic rings. The maximum absolute atomic E-state index is 13.8. The molecule has 0 radical (unpaired) electrons. The van der Waals surface area contributed by atoms with Gasteiger partial charge < -0.3 is 19.9 Å². The van der Waals surface area contributed by atoms with Gasteiger partial charge >= 0.3 is 5.97 Å². The Bertz CT molecular complexity index is 1250. The zero-order valence-corrected chi connectivity index (χ0v) is 20.5. The largest absolute Gasteiger partial charge is 0.462 e. The lowest BCUT2D eigenvalue weighted by Crippen LogP contribution is -2.25. The topological polar surface area (TPSA) is 115 Å². The van der Waals surface area contributed by atoms with Gasteiger partial charge in [-0.15, -0.1) is 16.8 Å². The van der Waals surface area contributed by atoms with Gasteiger partial charge in [0.1, 0.15) is 5.82 Å². The second-order valence-electron chi connectivity index (χ2n) is 7.51. The monoisotopic (exact) mass is 511 g/mol. The van der Waals surface area contributed by atoms with E-state index in [4.69, 9.17) is 4.74 Å². The highest BCUT2D eigenvalue weighted by atomic mass is 32.2. The summed E-state index contributed by atoms with van der Waals surface area (Å²) >= 11 is 1.16. The number of thioether (sulfide) groups is 1. The maximum atomic E-state index is 13.8. The van der Waals surface area contributed by atoms with Crippen molar-refractivity contribution in [3.63, 3.8) is 0 Å². The fraction of sp³-hybridized carbons (Fsp3) is 0.240. The van der Waals surface area contributed by atoms with Crippen LogP contribution in [0.15, 0.2) is 66.3 Å². The van der Waals surface area contributed by atoms with Crippen LogP contribution in [0.3, 0.4) is 0 Å². The third-order valence-corrected chi connectivity index (χ3v) is 5.75. The summed E-state index contributed by atoms with van der Waals surface area (Å²) in [6.07, 6.45) is 2.36. The minimum absolute atomic E-state index is 0.0156. The summed E-state index contributed by atoms with van der Waals surface area (Å²) in [6.45, 7) is 6.32. The quantitative estimate of drug-likeness (QED) is 0.216. The van der Waals surface area contributed by atoms with Crippen LogP contribution < -0.4 is 10.6 Å². The van der Waals surface area contributed by atoms with E-state index in [0.29, 0.717) is 35.4 Å². The van der Waals surface area contributed by atoms with Gasteiger partial charge in [0.05, 0.1) is 30.0 Å². The molecular weight excluding hydrogens is 485 g/mol. The average molecular weight is 512 g/mol. The molecular formula is C25H26FN5O4S. The van der Waals surface area contributed by atoms with Gasteiger partial charge in [0.15, 0.2) is 11.0 Å². The number of halogens is 1. The van der Waals surface area contributed by atoms with Crippen molar-refractivity contribution in [3.05, 3.63) is 84.0 Å². The highest BCUT2D eigenvalue weighted by molar-refractivity contribution is 7.99. The Morgan fingerprint density at radius 1 is 1.17 bits per heavy atom. The Labute approximate surface area is 212 Å². The van der Waals surface area contributed by atoms with Gasteiger partial charge in [0.2, 0.25) is 5.91 Å². The van der Waals surface area contributed by atoms with Crippen molar-refractivity contribution in [1.29, 1.82) is 0 Å². The number of aromatic nitrogens is 3. The lowest BCUT2D eigenvalue weighted by Gasteiger charge is -2.10. The van der Waals surface area contributed by atoms with Crippen LogP contribution in [0.5, 0.6) is 0 Å². The van der Waals surface area contributed by atoms with Crippen LogP contribution in [-0.4, -0.2) is 44.9 Å². The van der Waals surface area contributed by atoms with Gasteiger partial charge in [-0.25, -0.2) is 9.18 Å². The minimum atomic E-state index is -0.617. The molecule has 2 N–H and O–H groups in total. The Kier molecular flexibility index (Phi) is 9.75. The van der Waals surface area contributed by atoms with E-state index in [1.54, 1.807) is 41.0 Å². The van der Waals surface area contributed by atoms with Crippen LogP contribution >= 0.6 is 11.8 Å². The number of anilines is 1. The molecule has 9 nitrogen and oxygen atoms in total. The zero-order valence-electron chi connectivity index (χ0n) is 19.7. The van der Waals surface area contributed by atoms with Crippen LogP contribution in [0.2, 0.25) is 0 Å². The van der Waals surface area contributed by atoms with E-state index in [0.717, 1.165) is 18.2 Å². The lowest BCUT2D eigenvalue weighted by molar-refractivity contribution is -0.113. The first-order chi connectivity index (χ1) is 17.4. The molecule has 0 aliphatic heterocycles. The molecule has 0 aliphatic carbocycles. The molecule has 188 valence electrons. The van der Waals surface area contributed by atoms with Crippen LogP contribution in [0.1, 0.15) is 39.9 Å². The number of amides is 2. The van der Waals surface area contributed by atoms with Crippen LogP contribution in [0.4, 0.5) is 10.1 Å². The minimum Gasteiger partial charge on any atom is -0.462 e. The molecule has 0 spiro atoms. The number of benzene rings is 2. The van der Waals surface area contributed by atoms with E-state index >= 15 is 0 Å². The summed E-state index contributed by atoms with van der Waals surface area (Å²) in [6, 6.07) is 12.2. The Balaban J connectivity index is 1.59.